The molecule has 3 N–H and O–H groups in total. The molecule has 2 unspecified atom stereocenters. The molecule has 0 amide bonds. The zero-order valence-corrected chi connectivity index (χ0v) is 7.12. The molecule has 12 heavy (non-hydrogen) atoms. The molecule has 0 aromatic rings. The smallest absolute Gasteiger partial charge is 0.0944 e. The van der Waals surface area contributed by atoms with Gasteiger partial charge in [-0.25, -0.2) is 0 Å². The molecule has 0 aliphatic heterocycles. The first-order valence-corrected chi connectivity index (χ1v) is 3.70. The Balaban J connectivity index is 0. The highest BCUT2D eigenvalue weighted by atomic mass is 19.1. The van der Waals surface area contributed by atoms with Gasteiger partial charge in [0.25, 0.3) is 0 Å². The van der Waals surface area contributed by atoms with Crippen molar-refractivity contribution in [3.63, 3.8) is 0 Å². The lowest BCUT2D eigenvalue weighted by Gasteiger charge is -1.97. The van der Waals surface area contributed by atoms with Crippen molar-refractivity contribution in [3.05, 3.63) is 13.8 Å². The van der Waals surface area contributed by atoms with Gasteiger partial charge < -0.3 is 15.3 Å². The van der Waals surface area contributed by atoms with Crippen molar-refractivity contribution in [2.75, 3.05) is 19.9 Å². The summed E-state index contributed by atoms with van der Waals surface area (Å²) in [7, 11) is 0. The molecule has 0 aromatic heterocycles. The largest absolute Gasteiger partial charge is 0.396 e. The fraction of sp³-hybridized carbons (Fsp3) is 0.750. The molecule has 0 heterocycles. The van der Waals surface area contributed by atoms with Crippen molar-refractivity contribution in [3.8, 4) is 0 Å². The Morgan fingerprint density at radius 2 is 1.75 bits per heavy atom. The van der Waals surface area contributed by atoms with Gasteiger partial charge in [0.15, 0.2) is 0 Å². The first kappa shape index (κ1) is 14.3. The number of rotatable bonds is 4. The monoisotopic (exact) mass is 180 g/mol. The molecule has 2 radical (unpaired) electrons. The number of aliphatic hydroxyl groups is 3. The summed E-state index contributed by atoms with van der Waals surface area (Å²) in [5, 5.41) is 24.4. The molecule has 74 valence electrons. The highest BCUT2D eigenvalue weighted by molar-refractivity contribution is 4.54. The van der Waals surface area contributed by atoms with Gasteiger partial charge in [-0.1, -0.05) is 6.92 Å². The highest BCUT2D eigenvalue weighted by Gasteiger charge is 1.93. The summed E-state index contributed by atoms with van der Waals surface area (Å²) in [5.74, 6) is -0.426. The molecule has 4 heteroatoms. The summed E-state index contributed by atoms with van der Waals surface area (Å²) < 4.78 is 11.2. The van der Waals surface area contributed by atoms with Crippen LogP contribution in [0.2, 0.25) is 0 Å². The summed E-state index contributed by atoms with van der Waals surface area (Å²) in [6, 6.07) is 0. The highest BCUT2D eigenvalue weighted by Crippen LogP contribution is 1.89. The van der Waals surface area contributed by atoms with E-state index in [4.69, 9.17) is 15.3 Å². The molecule has 0 aromatic carbocycles. The maximum atomic E-state index is 11.2. The Bertz CT molecular complexity index is 62.7. The van der Waals surface area contributed by atoms with E-state index in [2.05, 4.69) is 13.8 Å². The van der Waals surface area contributed by atoms with Crippen LogP contribution in [0.5, 0.6) is 0 Å². The molecule has 0 saturated carbocycles. The average Bonchev–Trinajstić information content (AvgIpc) is 2.16. The molecular weight excluding hydrogens is 163 g/mol. The molecule has 0 aliphatic rings. The van der Waals surface area contributed by atoms with Crippen molar-refractivity contribution < 1.29 is 19.7 Å². The Hall–Kier alpha value is -0.190. The normalized spacial score (nSPS) is 14.5. The van der Waals surface area contributed by atoms with Gasteiger partial charge in [0.1, 0.15) is 0 Å². The zero-order chi connectivity index (χ0) is 9.98. The predicted octanol–water partition coefficient (Wildman–Crippen LogP) is -0.0377. The molecule has 2 atom stereocenters. The van der Waals surface area contributed by atoms with Crippen molar-refractivity contribution >= 4 is 0 Å². The van der Waals surface area contributed by atoms with Gasteiger partial charge in [0.2, 0.25) is 0 Å². The maximum absolute atomic E-state index is 11.2. The van der Waals surface area contributed by atoms with Crippen LogP contribution in [-0.2, 0) is 0 Å². The topological polar surface area (TPSA) is 60.7 Å². The van der Waals surface area contributed by atoms with Crippen LogP contribution in [0.4, 0.5) is 4.39 Å². The average molecular weight is 180 g/mol. The van der Waals surface area contributed by atoms with Crippen LogP contribution < -0.4 is 0 Å². The lowest BCUT2D eigenvalue weighted by atomic mass is 10.2. The van der Waals surface area contributed by atoms with Gasteiger partial charge >= 0.3 is 0 Å². The van der Waals surface area contributed by atoms with Gasteiger partial charge in [-0.2, -0.15) is 0 Å². The summed E-state index contributed by atoms with van der Waals surface area (Å²) in [5.41, 5.74) is 0. The number of halogens is 1. The van der Waals surface area contributed by atoms with E-state index in [1.54, 1.807) is 0 Å². The third-order valence-corrected chi connectivity index (χ3v) is 1.02. The number of alkyl halides is 1. The Kier molecular flexibility index (Phi) is 12.9. The van der Waals surface area contributed by atoms with E-state index < -0.39 is 18.7 Å². The SMILES string of the molecule is [CH2]C(CO)CF.[CH2]CC(O)CO. The predicted molar refractivity (Wildman–Crippen MR) is 45.0 cm³/mol. The molecule has 0 bridgehead atoms. The standard InChI is InChI=1S/C4H8FO.C4H9O2/c1-4(2-5)3-6;1-2-4(6)3-5/h4,6H,1-3H2;4-6H,1-3H2. The molecular formula is C8H17FO3. The van der Waals surface area contributed by atoms with Crippen LogP contribution in [-0.4, -0.2) is 41.3 Å². The summed E-state index contributed by atoms with van der Waals surface area (Å²) in [6.07, 6.45) is -0.235. The maximum Gasteiger partial charge on any atom is 0.0944 e. The first-order chi connectivity index (χ1) is 5.62. The van der Waals surface area contributed by atoms with Crippen LogP contribution in [0.3, 0.4) is 0 Å². The Labute approximate surface area is 72.8 Å². The number of aliphatic hydroxyl groups excluding tert-OH is 3. The van der Waals surface area contributed by atoms with Crippen molar-refractivity contribution in [2.45, 2.75) is 12.5 Å². The number of hydrogen-bond acceptors (Lipinski definition) is 3. The van der Waals surface area contributed by atoms with Crippen LogP contribution in [0.15, 0.2) is 0 Å². The van der Waals surface area contributed by atoms with E-state index in [1.807, 2.05) is 0 Å². The second kappa shape index (κ2) is 10.8. The van der Waals surface area contributed by atoms with Gasteiger partial charge in [-0.05, 0) is 13.3 Å². The Morgan fingerprint density at radius 3 is 1.75 bits per heavy atom. The zero-order valence-electron chi connectivity index (χ0n) is 7.12. The lowest BCUT2D eigenvalue weighted by molar-refractivity contribution is 0.0971. The van der Waals surface area contributed by atoms with Crippen molar-refractivity contribution in [1.82, 2.24) is 0 Å². The van der Waals surface area contributed by atoms with Gasteiger partial charge in [0, 0.05) is 12.5 Å². The lowest BCUT2D eigenvalue weighted by Crippen LogP contribution is -2.08. The minimum Gasteiger partial charge on any atom is -0.396 e. The van der Waals surface area contributed by atoms with E-state index in [0.29, 0.717) is 6.42 Å². The molecule has 0 aliphatic carbocycles. The second-order valence-corrected chi connectivity index (χ2v) is 2.33. The van der Waals surface area contributed by atoms with Gasteiger partial charge in [-0.15, -0.1) is 0 Å². The molecule has 0 saturated heterocycles. The molecule has 3 nitrogen and oxygen atoms in total. The quantitative estimate of drug-likeness (QED) is 0.569. The molecule has 0 rings (SSSR count). The van der Waals surface area contributed by atoms with E-state index in [0.717, 1.165) is 0 Å². The third-order valence-electron chi connectivity index (χ3n) is 1.02. The first-order valence-electron chi connectivity index (χ1n) is 3.70. The summed E-state index contributed by atoms with van der Waals surface area (Å²) >= 11 is 0. The van der Waals surface area contributed by atoms with Crippen molar-refractivity contribution in [1.29, 1.82) is 0 Å². The summed E-state index contributed by atoms with van der Waals surface area (Å²) in [6.45, 7) is 5.73. The van der Waals surface area contributed by atoms with E-state index in [1.165, 1.54) is 0 Å². The minimum absolute atomic E-state index is 0.156. The third kappa shape index (κ3) is 12.5. The minimum atomic E-state index is -0.620. The van der Waals surface area contributed by atoms with E-state index in [-0.39, 0.29) is 13.2 Å². The van der Waals surface area contributed by atoms with Crippen LogP contribution in [0.1, 0.15) is 6.42 Å². The molecule has 0 spiro atoms. The van der Waals surface area contributed by atoms with Gasteiger partial charge in [0.05, 0.1) is 19.4 Å². The van der Waals surface area contributed by atoms with Gasteiger partial charge in [-0.3, -0.25) is 4.39 Å². The van der Waals surface area contributed by atoms with E-state index >= 15 is 0 Å². The van der Waals surface area contributed by atoms with Crippen LogP contribution in [0, 0.1) is 19.8 Å². The second-order valence-electron chi connectivity index (χ2n) is 2.33. The number of hydrogen-bond donors (Lipinski definition) is 3. The fourth-order valence-electron chi connectivity index (χ4n) is 0.140. The van der Waals surface area contributed by atoms with E-state index in [9.17, 15) is 4.39 Å². The van der Waals surface area contributed by atoms with Crippen molar-refractivity contribution in [2.24, 2.45) is 5.92 Å². The Morgan fingerprint density at radius 1 is 1.25 bits per heavy atom. The van der Waals surface area contributed by atoms with Crippen LogP contribution >= 0.6 is 0 Å². The molecule has 0 fully saturated rings. The fourth-order valence-corrected chi connectivity index (χ4v) is 0.140. The van der Waals surface area contributed by atoms with Crippen LogP contribution in [0.25, 0.3) is 0 Å². The summed E-state index contributed by atoms with van der Waals surface area (Å²) in [4.78, 5) is 0.